The molecule has 0 radical (unpaired) electrons. The van der Waals surface area contributed by atoms with Gasteiger partial charge in [-0.25, -0.2) is 13.8 Å². The first-order valence-corrected chi connectivity index (χ1v) is 13.0. The van der Waals surface area contributed by atoms with Crippen LogP contribution in [0.4, 0.5) is 0 Å². The Bertz CT molecular complexity index is 1350. The Morgan fingerprint density at radius 1 is 1.00 bits per heavy atom. The molecule has 0 saturated heterocycles. The Balaban J connectivity index is 1.85. The average Bonchev–Trinajstić information content (AvgIpc) is 2.85. The molecule has 190 valence electrons. The zero-order chi connectivity index (χ0) is 26.3. The highest BCUT2D eigenvalue weighted by molar-refractivity contribution is 7.89. The van der Waals surface area contributed by atoms with Gasteiger partial charge in [0, 0.05) is 32.7 Å². The van der Waals surface area contributed by atoms with Crippen LogP contribution in [0.3, 0.4) is 0 Å². The van der Waals surface area contributed by atoms with E-state index in [4.69, 9.17) is 44.3 Å². The van der Waals surface area contributed by atoms with Crippen LogP contribution in [0, 0.1) is 0 Å². The molecule has 1 amide bonds. The van der Waals surface area contributed by atoms with E-state index in [9.17, 15) is 13.2 Å². The van der Waals surface area contributed by atoms with Crippen molar-refractivity contribution in [3.63, 3.8) is 0 Å². The normalized spacial score (nSPS) is 11.6. The number of rotatable bonds is 10. The number of halogens is 3. The van der Waals surface area contributed by atoms with Crippen LogP contribution in [-0.4, -0.2) is 45.6 Å². The van der Waals surface area contributed by atoms with Crippen LogP contribution in [0.15, 0.2) is 70.7 Å². The maximum absolute atomic E-state index is 13.4. The molecule has 3 aromatic carbocycles. The highest BCUT2D eigenvalue weighted by Gasteiger charge is 2.28. The summed E-state index contributed by atoms with van der Waals surface area (Å²) < 4.78 is 38.2. The third-order valence-electron chi connectivity index (χ3n) is 5.00. The number of nitrogens with zero attached hydrogens (tertiary/aromatic N) is 2. The largest absolute Gasteiger partial charge is 0.497 e. The molecule has 0 aliphatic heterocycles. The highest BCUT2D eigenvalue weighted by atomic mass is 35.5. The minimum absolute atomic E-state index is 0.0486. The van der Waals surface area contributed by atoms with E-state index in [-0.39, 0.29) is 21.5 Å². The number of hydrogen-bond donors (Lipinski definition) is 1. The quantitative estimate of drug-likeness (QED) is 0.273. The van der Waals surface area contributed by atoms with E-state index in [1.807, 2.05) is 0 Å². The van der Waals surface area contributed by atoms with Gasteiger partial charge in [-0.05, 0) is 54.6 Å². The number of carbonyl (C=O) groups is 1. The van der Waals surface area contributed by atoms with Crippen molar-refractivity contribution in [2.24, 2.45) is 5.10 Å². The van der Waals surface area contributed by atoms with Crippen LogP contribution in [0.2, 0.25) is 15.1 Å². The molecule has 0 heterocycles. The van der Waals surface area contributed by atoms with Crippen LogP contribution >= 0.6 is 34.8 Å². The van der Waals surface area contributed by atoms with Gasteiger partial charge in [0.15, 0.2) is 0 Å². The van der Waals surface area contributed by atoms with E-state index in [0.29, 0.717) is 27.6 Å². The number of nitrogens with one attached hydrogen (secondary N) is 1. The maximum Gasteiger partial charge on any atom is 0.255 e. The fourth-order valence-corrected chi connectivity index (χ4v) is 5.16. The van der Waals surface area contributed by atoms with Crippen molar-refractivity contribution in [3.05, 3.63) is 86.9 Å². The summed E-state index contributed by atoms with van der Waals surface area (Å²) in [4.78, 5) is 12.7. The molecule has 0 saturated carbocycles. The Hall–Kier alpha value is -2.82. The van der Waals surface area contributed by atoms with Gasteiger partial charge in [0.05, 0.1) is 31.9 Å². The third-order valence-corrected chi connectivity index (χ3v) is 7.76. The Morgan fingerprint density at radius 3 is 2.28 bits per heavy atom. The molecule has 8 nitrogen and oxygen atoms in total. The SMILES string of the molecule is COc1ccc(OC)c(/C=N\NC(=O)CN(Cc2c(Cl)cccc2Cl)S(=O)(=O)c2ccc(Cl)cc2)c1. The number of hydrogen-bond acceptors (Lipinski definition) is 6. The van der Waals surface area contributed by atoms with Gasteiger partial charge < -0.3 is 9.47 Å². The summed E-state index contributed by atoms with van der Waals surface area (Å²) in [5, 5.41) is 4.84. The highest BCUT2D eigenvalue weighted by Crippen LogP contribution is 2.28. The molecule has 0 unspecified atom stereocenters. The fourth-order valence-electron chi connectivity index (χ4n) is 3.15. The molecule has 1 N–H and O–H groups in total. The van der Waals surface area contributed by atoms with E-state index >= 15 is 0 Å². The van der Waals surface area contributed by atoms with E-state index in [1.165, 1.54) is 44.7 Å². The summed E-state index contributed by atoms with van der Waals surface area (Å²) in [6.45, 7) is -0.802. The fraction of sp³-hybridized carbons (Fsp3) is 0.167. The lowest BCUT2D eigenvalue weighted by molar-refractivity contribution is -0.121. The zero-order valence-electron chi connectivity index (χ0n) is 19.2. The molecule has 0 atom stereocenters. The monoisotopic (exact) mass is 569 g/mol. The van der Waals surface area contributed by atoms with Gasteiger partial charge in [-0.1, -0.05) is 40.9 Å². The van der Waals surface area contributed by atoms with Gasteiger partial charge in [0.25, 0.3) is 5.91 Å². The Morgan fingerprint density at radius 2 is 1.67 bits per heavy atom. The number of methoxy groups -OCH3 is 2. The van der Waals surface area contributed by atoms with Crippen molar-refractivity contribution in [2.75, 3.05) is 20.8 Å². The summed E-state index contributed by atoms with van der Waals surface area (Å²) in [6, 6.07) is 15.5. The molecule has 0 aliphatic rings. The number of amides is 1. The summed E-state index contributed by atoms with van der Waals surface area (Å²) >= 11 is 18.4. The van der Waals surface area contributed by atoms with Crippen LogP contribution in [0.1, 0.15) is 11.1 Å². The summed E-state index contributed by atoms with van der Waals surface area (Å²) in [5.41, 5.74) is 3.24. The first-order valence-electron chi connectivity index (χ1n) is 10.4. The number of ether oxygens (including phenoxy) is 2. The smallest absolute Gasteiger partial charge is 0.255 e. The average molecular weight is 571 g/mol. The molecule has 3 rings (SSSR count). The van der Waals surface area contributed by atoms with Gasteiger partial charge in [0.1, 0.15) is 11.5 Å². The molecule has 36 heavy (non-hydrogen) atoms. The lowest BCUT2D eigenvalue weighted by atomic mass is 10.2. The van der Waals surface area contributed by atoms with E-state index < -0.39 is 22.5 Å². The van der Waals surface area contributed by atoms with Crippen LogP contribution in [-0.2, 0) is 21.4 Å². The topological polar surface area (TPSA) is 97.3 Å². The molecule has 0 aliphatic carbocycles. The standard InChI is InChI=1S/C24H22Cl3N3O5S/c1-34-18-8-11-23(35-2)16(12-18)13-28-29-24(31)15-30(14-20-21(26)4-3-5-22(20)27)36(32,33)19-9-6-17(25)7-10-19/h3-13H,14-15H2,1-2H3,(H,29,31)/b28-13-. The van der Waals surface area contributed by atoms with Crippen molar-refractivity contribution >= 4 is 56.9 Å². The van der Waals surface area contributed by atoms with E-state index in [2.05, 4.69) is 10.5 Å². The molecule has 0 spiro atoms. The zero-order valence-corrected chi connectivity index (χ0v) is 22.3. The Labute approximate surface area is 224 Å². The first kappa shape index (κ1) is 27.8. The van der Waals surface area contributed by atoms with Crippen molar-refractivity contribution < 1.29 is 22.7 Å². The summed E-state index contributed by atoms with van der Waals surface area (Å²) in [5.74, 6) is 0.392. The van der Waals surface area contributed by atoms with Gasteiger partial charge in [-0.15, -0.1) is 0 Å². The van der Waals surface area contributed by atoms with Crippen molar-refractivity contribution in [1.82, 2.24) is 9.73 Å². The summed E-state index contributed by atoms with van der Waals surface area (Å²) in [6.07, 6.45) is 1.36. The third kappa shape index (κ3) is 6.89. The van der Waals surface area contributed by atoms with Gasteiger partial charge in [0.2, 0.25) is 10.0 Å². The van der Waals surface area contributed by atoms with E-state index in [0.717, 1.165) is 4.31 Å². The minimum Gasteiger partial charge on any atom is -0.497 e. The van der Waals surface area contributed by atoms with Gasteiger partial charge >= 0.3 is 0 Å². The minimum atomic E-state index is -4.13. The van der Waals surface area contributed by atoms with Gasteiger partial charge in [-0.2, -0.15) is 9.41 Å². The predicted molar refractivity (Wildman–Crippen MR) is 141 cm³/mol. The molecule has 0 bridgehead atoms. The Kier molecular flexibility index (Phi) is 9.58. The second-order valence-electron chi connectivity index (χ2n) is 7.33. The lowest BCUT2D eigenvalue weighted by Gasteiger charge is -2.22. The molecular formula is C24H22Cl3N3O5S. The predicted octanol–water partition coefficient (Wildman–Crippen LogP) is 5.01. The van der Waals surface area contributed by atoms with Crippen LogP contribution in [0.5, 0.6) is 11.5 Å². The second-order valence-corrected chi connectivity index (χ2v) is 10.5. The lowest BCUT2D eigenvalue weighted by Crippen LogP contribution is -2.39. The molecule has 0 aromatic heterocycles. The van der Waals surface area contributed by atoms with Crippen molar-refractivity contribution in [3.8, 4) is 11.5 Å². The first-order chi connectivity index (χ1) is 17.1. The number of sulfonamides is 1. The van der Waals surface area contributed by atoms with Gasteiger partial charge in [-0.3, -0.25) is 4.79 Å². The summed E-state index contributed by atoms with van der Waals surface area (Å²) in [7, 11) is -1.12. The second kappa shape index (κ2) is 12.4. The molecule has 3 aromatic rings. The maximum atomic E-state index is 13.4. The van der Waals surface area contributed by atoms with Crippen LogP contribution < -0.4 is 14.9 Å². The van der Waals surface area contributed by atoms with Crippen molar-refractivity contribution in [2.45, 2.75) is 11.4 Å². The van der Waals surface area contributed by atoms with Crippen LogP contribution in [0.25, 0.3) is 0 Å². The van der Waals surface area contributed by atoms with E-state index in [1.54, 1.807) is 36.4 Å². The molecule has 12 heteroatoms. The van der Waals surface area contributed by atoms with Crippen molar-refractivity contribution in [1.29, 1.82) is 0 Å². The molecular weight excluding hydrogens is 549 g/mol. The number of carbonyl (C=O) groups excluding carboxylic acids is 1. The number of benzene rings is 3. The molecule has 0 fully saturated rings. The number of hydrazone groups is 1.